The van der Waals surface area contributed by atoms with Gasteiger partial charge in [0.2, 0.25) is 10.0 Å². The van der Waals surface area contributed by atoms with Gasteiger partial charge in [-0.15, -0.1) is 0 Å². The Kier molecular flexibility index (Phi) is 4.49. The third-order valence-electron chi connectivity index (χ3n) is 3.94. The molecule has 22 heavy (non-hydrogen) atoms. The molecule has 0 N–H and O–H groups in total. The van der Waals surface area contributed by atoms with Crippen molar-refractivity contribution in [3.8, 4) is 0 Å². The molecule has 1 atom stereocenters. The molecule has 1 unspecified atom stereocenters. The zero-order valence-electron chi connectivity index (χ0n) is 14.0. The van der Waals surface area contributed by atoms with Crippen molar-refractivity contribution in [3.63, 3.8) is 0 Å². The molecule has 8 heteroatoms. The maximum absolute atomic E-state index is 11.9. The summed E-state index contributed by atoms with van der Waals surface area (Å²) in [6.07, 6.45) is 0.0509. The van der Waals surface area contributed by atoms with Crippen LogP contribution in [0.4, 0.5) is 4.79 Å². The van der Waals surface area contributed by atoms with E-state index >= 15 is 0 Å². The van der Waals surface area contributed by atoms with Crippen molar-refractivity contribution in [2.24, 2.45) is 5.41 Å². The molecule has 7 nitrogen and oxygen atoms in total. The highest BCUT2D eigenvalue weighted by molar-refractivity contribution is 7.89. The van der Waals surface area contributed by atoms with Gasteiger partial charge in [-0.1, -0.05) is 0 Å². The number of hydrogen-bond acceptors (Lipinski definition) is 5. The van der Waals surface area contributed by atoms with Gasteiger partial charge in [0, 0.05) is 32.6 Å². The number of carbonyl (C=O) groups is 1. The van der Waals surface area contributed by atoms with Gasteiger partial charge < -0.3 is 14.4 Å². The summed E-state index contributed by atoms with van der Waals surface area (Å²) in [5.41, 5.74) is -0.613. The van der Waals surface area contributed by atoms with Crippen LogP contribution in [0.1, 0.15) is 27.2 Å². The quantitative estimate of drug-likeness (QED) is 0.766. The Morgan fingerprint density at radius 1 is 1.36 bits per heavy atom. The standard InChI is InChI=1S/C14H26N2O5S/c1-13(2,3)21-12(17)16-8-14(9-16)6-11(20-10-14)7-22(18,19)15(4)5/h11H,6-10H2,1-5H3. The number of hydrogen-bond donors (Lipinski definition) is 0. The largest absolute Gasteiger partial charge is 0.444 e. The van der Waals surface area contributed by atoms with Crippen molar-refractivity contribution in [3.05, 3.63) is 0 Å². The fourth-order valence-electron chi connectivity index (χ4n) is 2.83. The molecule has 2 aliphatic heterocycles. The number of nitrogens with zero attached hydrogens (tertiary/aromatic N) is 2. The van der Waals surface area contributed by atoms with E-state index in [1.54, 1.807) is 4.90 Å². The summed E-state index contributed by atoms with van der Waals surface area (Å²) >= 11 is 0. The maximum atomic E-state index is 11.9. The highest BCUT2D eigenvalue weighted by atomic mass is 32.2. The van der Waals surface area contributed by atoms with Crippen LogP contribution in [-0.4, -0.2) is 75.0 Å². The van der Waals surface area contributed by atoms with Crippen molar-refractivity contribution in [2.75, 3.05) is 39.5 Å². The van der Waals surface area contributed by atoms with E-state index in [-0.39, 0.29) is 23.4 Å². The summed E-state index contributed by atoms with van der Waals surface area (Å²) in [7, 11) is -0.224. The highest BCUT2D eigenvalue weighted by Crippen LogP contribution is 2.42. The van der Waals surface area contributed by atoms with E-state index in [0.717, 1.165) is 0 Å². The summed E-state index contributed by atoms with van der Waals surface area (Å²) in [4.78, 5) is 13.6. The first-order chi connectivity index (χ1) is 9.92. The van der Waals surface area contributed by atoms with E-state index in [9.17, 15) is 13.2 Å². The van der Waals surface area contributed by atoms with Crippen LogP contribution < -0.4 is 0 Å². The van der Waals surface area contributed by atoms with Crippen LogP contribution in [0.3, 0.4) is 0 Å². The molecule has 0 radical (unpaired) electrons. The Morgan fingerprint density at radius 3 is 2.45 bits per heavy atom. The molecule has 1 amide bonds. The number of sulfonamides is 1. The van der Waals surface area contributed by atoms with Gasteiger partial charge in [0.05, 0.1) is 18.5 Å². The highest BCUT2D eigenvalue weighted by Gasteiger charge is 2.52. The molecular formula is C14H26N2O5S. The van der Waals surface area contributed by atoms with E-state index < -0.39 is 15.6 Å². The Bertz CT molecular complexity index is 532. The molecule has 2 aliphatic rings. The van der Waals surface area contributed by atoms with Crippen molar-refractivity contribution >= 4 is 16.1 Å². The topological polar surface area (TPSA) is 76.2 Å². The number of carbonyl (C=O) groups excluding carboxylic acids is 1. The lowest BCUT2D eigenvalue weighted by atomic mass is 9.78. The monoisotopic (exact) mass is 334 g/mol. The Balaban J connectivity index is 1.84. The maximum Gasteiger partial charge on any atom is 0.410 e. The first-order valence-corrected chi connectivity index (χ1v) is 9.03. The van der Waals surface area contributed by atoms with E-state index in [0.29, 0.717) is 26.1 Å². The lowest BCUT2D eigenvalue weighted by Crippen LogP contribution is -2.59. The molecule has 2 fully saturated rings. The van der Waals surface area contributed by atoms with Gasteiger partial charge in [0.15, 0.2) is 0 Å². The molecule has 0 saturated carbocycles. The van der Waals surface area contributed by atoms with Crippen molar-refractivity contribution in [1.82, 2.24) is 9.21 Å². The van der Waals surface area contributed by atoms with Crippen molar-refractivity contribution in [1.29, 1.82) is 0 Å². The van der Waals surface area contributed by atoms with Gasteiger partial charge in [-0.05, 0) is 27.2 Å². The van der Waals surface area contributed by atoms with Crippen LogP contribution >= 0.6 is 0 Å². The smallest absolute Gasteiger partial charge is 0.410 e. The zero-order chi connectivity index (χ0) is 16.8. The minimum Gasteiger partial charge on any atom is -0.444 e. The lowest BCUT2D eigenvalue weighted by molar-refractivity contribution is -0.0368. The average Bonchev–Trinajstić information content (AvgIpc) is 2.67. The second-order valence-corrected chi connectivity index (χ2v) is 9.76. The molecule has 1 spiro atoms. The molecule has 2 saturated heterocycles. The van der Waals surface area contributed by atoms with E-state index in [1.807, 2.05) is 20.8 Å². The van der Waals surface area contributed by atoms with Gasteiger partial charge in [-0.2, -0.15) is 0 Å². The third-order valence-corrected chi connectivity index (χ3v) is 5.85. The minimum absolute atomic E-state index is 0.00577. The lowest BCUT2D eigenvalue weighted by Gasteiger charge is -2.47. The predicted octanol–water partition coefficient (Wildman–Crippen LogP) is 0.904. The summed E-state index contributed by atoms with van der Waals surface area (Å²) in [5.74, 6) is -0.00577. The van der Waals surface area contributed by atoms with E-state index in [1.165, 1.54) is 18.4 Å². The first-order valence-electron chi connectivity index (χ1n) is 7.42. The van der Waals surface area contributed by atoms with Gasteiger partial charge in [-0.25, -0.2) is 17.5 Å². The van der Waals surface area contributed by atoms with Crippen LogP contribution in [0, 0.1) is 5.41 Å². The predicted molar refractivity (Wildman–Crippen MR) is 82.1 cm³/mol. The number of rotatable bonds is 3. The molecule has 0 aromatic heterocycles. The second kappa shape index (κ2) is 5.65. The SMILES string of the molecule is CN(C)S(=O)(=O)CC1CC2(CO1)CN(C(=O)OC(C)(C)C)C2. The molecule has 0 bridgehead atoms. The molecule has 128 valence electrons. The third kappa shape index (κ3) is 3.91. The molecular weight excluding hydrogens is 308 g/mol. The normalized spacial score (nSPS) is 24.6. The van der Waals surface area contributed by atoms with Crippen LogP contribution in [0.2, 0.25) is 0 Å². The molecule has 0 aliphatic carbocycles. The molecule has 2 rings (SSSR count). The summed E-state index contributed by atoms with van der Waals surface area (Å²) in [6.45, 7) is 7.14. The summed E-state index contributed by atoms with van der Waals surface area (Å²) in [5, 5.41) is 0. The van der Waals surface area contributed by atoms with E-state index in [2.05, 4.69) is 0 Å². The van der Waals surface area contributed by atoms with Crippen LogP contribution in [0.25, 0.3) is 0 Å². The Morgan fingerprint density at radius 2 is 1.95 bits per heavy atom. The van der Waals surface area contributed by atoms with Gasteiger partial charge >= 0.3 is 6.09 Å². The Labute approximate surface area is 132 Å². The number of likely N-dealkylation sites (tertiary alicyclic amines) is 1. The van der Waals surface area contributed by atoms with Crippen LogP contribution in [-0.2, 0) is 19.5 Å². The van der Waals surface area contributed by atoms with Gasteiger partial charge in [0.25, 0.3) is 0 Å². The van der Waals surface area contributed by atoms with Crippen LogP contribution in [0.15, 0.2) is 0 Å². The van der Waals surface area contributed by atoms with Crippen molar-refractivity contribution < 1.29 is 22.7 Å². The average molecular weight is 334 g/mol. The van der Waals surface area contributed by atoms with Crippen LogP contribution in [0.5, 0.6) is 0 Å². The fourth-order valence-corrected chi connectivity index (χ4v) is 3.81. The first kappa shape index (κ1) is 17.5. The van der Waals surface area contributed by atoms with Gasteiger partial charge in [-0.3, -0.25) is 0 Å². The minimum atomic E-state index is -3.27. The fraction of sp³-hybridized carbons (Fsp3) is 0.929. The summed E-state index contributed by atoms with van der Waals surface area (Å²) < 4.78 is 36.0. The molecule has 2 heterocycles. The van der Waals surface area contributed by atoms with Gasteiger partial charge in [0.1, 0.15) is 5.60 Å². The van der Waals surface area contributed by atoms with Crippen molar-refractivity contribution in [2.45, 2.75) is 38.9 Å². The molecule has 0 aromatic rings. The molecule has 0 aromatic carbocycles. The number of ether oxygens (including phenoxy) is 2. The number of amides is 1. The summed E-state index contributed by atoms with van der Waals surface area (Å²) in [6, 6.07) is 0. The Hall–Kier alpha value is -0.860. The second-order valence-electron chi connectivity index (χ2n) is 7.53. The van der Waals surface area contributed by atoms with E-state index in [4.69, 9.17) is 9.47 Å². The zero-order valence-corrected chi connectivity index (χ0v) is 14.8.